The largest absolute Gasteiger partial charge is 0.370 e. The van der Waals surface area contributed by atoms with Gasteiger partial charge in [-0.25, -0.2) is 17.6 Å². The summed E-state index contributed by atoms with van der Waals surface area (Å²) in [5, 5.41) is 0. The highest BCUT2D eigenvalue weighted by atomic mass is 19.3. The van der Waals surface area contributed by atoms with Crippen LogP contribution < -0.4 is 0 Å². The topological polar surface area (TPSA) is 34.3 Å². The van der Waals surface area contributed by atoms with Crippen LogP contribution in [-0.4, -0.2) is 62.3 Å². The molecule has 0 aliphatic carbocycles. The second-order valence-corrected chi connectivity index (χ2v) is 4.67. The van der Waals surface area contributed by atoms with Crippen molar-refractivity contribution in [1.29, 1.82) is 0 Å². The molecule has 4 unspecified atom stereocenters. The number of hydrogen-bond acceptors (Lipinski definition) is 3. The zero-order valence-electron chi connectivity index (χ0n) is 10.1. The summed E-state index contributed by atoms with van der Waals surface area (Å²) in [5.74, 6) is -9.63. The van der Waals surface area contributed by atoms with Crippen LogP contribution in [0.25, 0.3) is 0 Å². The van der Waals surface area contributed by atoms with E-state index in [0.29, 0.717) is 0 Å². The Labute approximate surface area is 113 Å². The molecule has 124 valence electrons. The van der Waals surface area contributed by atoms with Crippen molar-refractivity contribution in [3.63, 3.8) is 0 Å². The molecule has 0 aromatic rings. The van der Waals surface area contributed by atoms with E-state index in [1.807, 2.05) is 0 Å². The standard InChI is InChI=1S/C10H10F8O3/c11-7(12)9(15,16)5(3-1-19-3)21-6(4-2-20-4)10(17,18)8(13)14/h3-8H,1-2H2. The Morgan fingerprint density at radius 3 is 1.24 bits per heavy atom. The molecular formula is C10H10F8O3. The van der Waals surface area contributed by atoms with Crippen molar-refractivity contribution in [2.45, 2.75) is 49.1 Å². The van der Waals surface area contributed by atoms with E-state index in [9.17, 15) is 35.1 Å². The van der Waals surface area contributed by atoms with E-state index in [0.717, 1.165) is 0 Å². The van der Waals surface area contributed by atoms with E-state index in [4.69, 9.17) is 0 Å². The monoisotopic (exact) mass is 330 g/mol. The third-order valence-electron chi connectivity index (χ3n) is 3.03. The lowest BCUT2D eigenvalue weighted by atomic mass is 10.1. The van der Waals surface area contributed by atoms with Gasteiger partial charge >= 0.3 is 24.7 Å². The average Bonchev–Trinajstić information content (AvgIpc) is 3.22. The molecule has 2 heterocycles. The van der Waals surface area contributed by atoms with Crippen LogP contribution in [0, 0.1) is 0 Å². The summed E-state index contributed by atoms with van der Waals surface area (Å²) in [7, 11) is 0. The lowest BCUT2D eigenvalue weighted by Gasteiger charge is -2.32. The van der Waals surface area contributed by atoms with Gasteiger partial charge in [-0.15, -0.1) is 0 Å². The Morgan fingerprint density at radius 1 is 0.762 bits per heavy atom. The first-order chi connectivity index (χ1) is 9.58. The number of ether oxygens (including phenoxy) is 3. The van der Waals surface area contributed by atoms with E-state index in [-0.39, 0.29) is 0 Å². The quantitative estimate of drug-likeness (QED) is 0.506. The van der Waals surface area contributed by atoms with Crippen LogP contribution >= 0.6 is 0 Å². The van der Waals surface area contributed by atoms with Crippen molar-refractivity contribution < 1.29 is 49.3 Å². The first-order valence-electron chi connectivity index (χ1n) is 5.79. The molecule has 0 aromatic heterocycles. The van der Waals surface area contributed by atoms with Crippen LogP contribution in [0.5, 0.6) is 0 Å². The van der Waals surface area contributed by atoms with Crippen LogP contribution in [-0.2, 0) is 14.2 Å². The normalized spacial score (nSPS) is 28.9. The van der Waals surface area contributed by atoms with Crippen molar-refractivity contribution in [3.05, 3.63) is 0 Å². The van der Waals surface area contributed by atoms with Crippen LogP contribution in [0.15, 0.2) is 0 Å². The molecular weight excluding hydrogens is 320 g/mol. The Balaban J connectivity index is 2.17. The lowest BCUT2D eigenvalue weighted by molar-refractivity contribution is -0.274. The highest BCUT2D eigenvalue weighted by Gasteiger charge is 2.63. The van der Waals surface area contributed by atoms with Crippen molar-refractivity contribution >= 4 is 0 Å². The fraction of sp³-hybridized carbons (Fsp3) is 1.00. The van der Waals surface area contributed by atoms with Gasteiger partial charge in [0.1, 0.15) is 12.2 Å². The molecule has 11 heteroatoms. The molecule has 0 amide bonds. The van der Waals surface area contributed by atoms with Crippen molar-refractivity contribution in [3.8, 4) is 0 Å². The molecule has 2 aliphatic heterocycles. The van der Waals surface area contributed by atoms with Gasteiger partial charge in [0, 0.05) is 0 Å². The molecule has 2 aliphatic rings. The molecule has 2 saturated heterocycles. The molecule has 2 rings (SSSR count). The third kappa shape index (κ3) is 3.39. The summed E-state index contributed by atoms with van der Waals surface area (Å²) < 4.78 is 115. The second-order valence-electron chi connectivity index (χ2n) is 4.67. The fourth-order valence-corrected chi connectivity index (χ4v) is 1.72. The summed E-state index contributed by atoms with van der Waals surface area (Å²) in [4.78, 5) is 0. The number of halogens is 8. The van der Waals surface area contributed by atoms with Crippen LogP contribution in [0.2, 0.25) is 0 Å². The molecule has 0 N–H and O–H groups in total. The molecule has 0 saturated carbocycles. The molecule has 0 aromatic carbocycles. The first kappa shape index (κ1) is 16.7. The Morgan fingerprint density at radius 2 is 1.05 bits per heavy atom. The molecule has 3 nitrogen and oxygen atoms in total. The minimum atomic E-state index is -4.81. The van der Waals surface area contributed by atoms with Crippen LogP contribution in [0.1, 0.15) is 0 Å². The van der Waals surface area contributed by atoms with Gasteiger partial charge in [0.15, 0.2) is 12.2 Å². The molecule has 4 atom stereocenters. The molecule has 21 heavy (non-hydrogen) atoms. The van der Waals surface area contributed by atoms with Crippen molar-refractivity contribution in [2.75, 3.05) is 13.2 Å². The zero-order chi connectivity index (χ0) is 16.0. The van der Waals surface area contributed by atoms with E-state index < -0.39 is 62.3 Å². The Hall–Kier alpha value is -0.680. The van der Waals surface area contributed by atoms with Gasteiger partial charge in [-0.1, -0.05) is 0 Å². The van der Waals surface area contributed by atoms with Gasteiger partial charge in [0.05, 0.1) is 13.2 Å². The first-order valence-corrected chi connectivity index (χ1v) is 5.79. The van der Waals surface area contributed by atoms with Gasteiger partial charge in [-0.05, 0) is 0 Å². The Kier molecular flexibility index (Phi) is 4.37. The second kappa shape index (κ2) is 5.51. The highest BCUT2D eigenvalue weighted by molar-refractivity contribution is 4.98. The average molecular weight is 330 g/mol. The SMILES string of the molecule is FC(F)C(F)(F)C(OC(C1CO1)C(F)(F)C(F)F)C1CO1. The minimum Gasteiger partial charge on any atom is -0.370 e. The predicted molar refractivity (Wildman–Crippen MR) is 50.0 cm³/mol. The number of alkyl halides is 8. The summed E-state index contributed by atoms with van der Waals surface area (Å²) in [6.45, 7) is -0.822. The maximum Gasteiger partial charge on any atom is 0.335 e. The molecule has 2 fully saturated rings. The summed E-state index contributed by atoms with van der Waals surface area (Å²) in [6.07, 6.45) is -17.0. The third-order valence-corrected chi connectivity index (χ3v) is 3.03. The molecule has 0 spiro atoms. The Bertz CT molecular complexity index is 335. The highest BCUT2D eigenvalue weighted by Crippen LogP contribution is 2.42. The minimum absolute atomic E-state index is 0.411. The molecule has 0 bridgehead atoms. The van der Waals surface area contributed by atoms with Gasteiger partial charge in [-0.2, -0.15) is 17.6 Å². The van der Waals surface area contributed by atoms with E-state index in [1.165, 1.54) is 0 Å². The molecule has 0 radical (unpaired) electrons. The smallest absolute Gasteiger partial charge is 0.335 e. The van der Waals surface area contributed by atoms with Crippen molar-refractivity contribution in [2.24, 2.45) is 0 Å². The maximum absolute atomic E-state index is 13.3. The number of hydrogen-bond donors (Lipinski definition) is 0. The predicted octanol–water partition coefficient (Wildman–Crippen LogP) is 2.34. The van der Waals surface area contributed by atoms with Crippen molar-refractivity contribution in [1.82, 2.24) is 0 Å². The van der Waals surface area contributed by atoms with E-state index in [1.54, 1.807) is 0 Å². The van der Waals surface area contributed by atoms with Crippen LogP contribution in [0.3, 0.4) is 0 Å². The number of epoxide rings is 2. The zero-order valence-corrected chi connectivity index (χ0v) is 10.1. The summed E-state index contributed by atoms with van der Waals surface area (Å²) in [5.41, 5.74) is 0. The van der Waals surface area contributed by atoms with Gasteiger partial charge < -0.3 is 14.2 Å². The fourth-order valence-electron chi connectivity index (χ4n) is 1.72. The van der Waals surface area contributed by atoms with E-state index in [2.05, 4.69) is 14.2 Å². The summed E-state index contributed by atoms with van der Waals surface area (Å²) in [6, 6.07) is 0. The maximum atomic E-state index is 13.3. The van der Waals surface area contributed by atoms with E-state index >= 15 is 0 Å². The van der Waals surface area contributed by atoms with Gasteiger partial charge in [0.2, 0.25) is 0 Å². The summed E-state index contributed by atoms with van der Waals surface area (Å²) >= 11 is 0. The lowest BCUT2D eigenvalue weighted by Crippen LogP contribution is -2.54. The number of rotatable bonds is 8. The van der Waals surface area contributed by atoms with Gasteiger partial charge in [-0.3, -0.25) is 0 Å². The van der Waals surface area contributed by atoms with Crippen LogP contribution in [0.4, 0.5) is 35.1 Å². The van der Waals surface area contributed by atoms with Gasteiger partial charge in [0.25, 0.3) is 0 Å².